The van der Waals surface area contributed by atoms with Crippen molar-refractivity contribution in [3.05, 3.63) is 75.8 Å². The number of amides is 1. The predicted octanol–water partition coefficient (Wildman–Crippen LogP) is 3.22. The zero-order valence-electron chi connectivity index (χ0n) is 12.0. The number of nitrogens with zero attached hydrogens (tertiary/aromatic N) is 2. The van der Waals surface area contributed by atoms with Gasteiger partial charge in [-0.25, -0.2) is 0 Å². The van der Waals surface area contributed by atoms with E-state index in [4.69, 9.17) is 0 Å². The van der Waals surface area contributed by atoms with Crippen molar-refractivity contribution in [2.24, 2.45) is 0 Å². The van der Waals surface area contributed by atoms with Gasteiger partial charge in [-0.2, -0.15) is 0 Å². The number of hydrogen-bond acceptors (Lipinski definition) is 3. The lowest BCUT2D eigenvalue weighted by molar-refractivity contribution is -0.384. The number of carbonyl (C=O) groups excluding carboxylic acids is 1. The third-order valence-electron chi connectivity index (χ3n) is 4.07. The average molecular weight is 296 g/mol. The first-order valence-electron chi connectivity index (χ1n) is 7.24. The third-order valence-corrected chi connectivity index (χ3v) is 4.07. The van der Waals surface area contributed by atoms with E-state index in [1.54, 1.807) is 0 Å². The van der Waals surface area contributed by atoms with Crippen molar-refractivity contribution in [3.8, 4) is 0 Å². The van der Waals surface area contributed by atoms with Crippen molar-refractivity contribution < 1.29 is 9.72 Å². The minimum atomic E-state index is -0.463. The minimum absolute atomic E-state index is 0.000124. The lowest BCUT2D eigenvalue weighted by Crippen LogP contribution is -2.28. The molecule has 1 fully saturated rings. The molecule has 0 radical (unpaired) electrons. The first kappa shape index (κ1) is 14.3. The molecule has 3 rings (SSSR count). The molecule has 0 bridgehead atoms. The summed E-state index contributed by atoms with van der Waals surface area (Å²) in [5.74, 6) is 0.302. The molecule has 0 saturated carbocycles. The number of nitro groups is 1. The second kappa shape index (κ2) is 5.97. The Kier molecular flexibility index (Phi) is 3.87. The molecule has 5 heteroatoms. The lowest BCUT2D eigenvalue weighted by Gasteiger charge is -2.16. The van der Waals surface area contributed by atoms with Gasteiger partial charge in [-0.15, -0.1) is 0 Å². The minimum Gasteiger partial charge on any atom is -0.338 e. The van der Waals surface area contributed by atoms with Gasteiger partial charge in [0.15, 0.2) is 0 Å². The maximum Gasteiger partial charge on any atom is 0.269 e. The van der Waals surface area contributed by atoms with E-state index in [2.05, 4.69) is 12.1 Å². The van der Waals surface area contributed by atoms with Gasteiger partial charge in [0.1, 0.15) is 0 Å². The molecule has 1 aliphatic rings. The van der Waals surface area contributed by atoms with Gasteiger partial charge in [0, 0.05) is 36.7 Å². The summed E-state index contributed by atoms with van der Waals surface area (Å²) in [5.41, 5.74) is 1.75. The molecule has 1 heterocycles. The van der Waals surface area contributed by atoms with Crippen molar-refractivity contribution in [2.45, 2.75) is 12.3 Å². The summed E-state index contributed by atoms with van der Waals surface area (Å²) in [6.45, 7) is 1.41. The average Bonchev–Trinajstić information content (AvgIpc) is 3.05. The molecular weight excluding hydrogens is 280 g/mol. The fourth-order valence-corrected chi connectivity index (χ4v) is 2.85. The highest BCUT2D eigenvalue weighted by atomic mass is 16.6. The van der Waals surface area contributed by atoms with Crippen LogP contribution in [0.2, 0.25) is 0 Å². The molecule has 0 N–H and O–H groups in total. The molecule has 0 spiro atoms. The summed E-state index contributed by atoms with van der Waals surface area (Å²) < 4.78 is 0. The topological polar surface area (TPSA) is 63.4 Å². The van der Waals surface area contributed by atoms with Crippen LogP contribution in [0.1, 0.15) is 28.3 Å². The van der Waals surface area contributed by atoms with E-state index in [1.165, 1.54) is 29.8 Å². The molecule has 2 aromatic carbocycles. The molecule has 1 aliphatic heterocycles. The van der Waals surface area contributed by atoms with Crippen LogP contribution in [0.25, 0.3) is 0 Å². The van der Waals surface area contributed by atoms with Crippen LogP contribution in [-0.4, -0.2) is 28.8 Å². The molecule has 1 unspecified atom stereocenters. The largest absolute Gasteiger partial charge is 0.338 e. The number of rotatable bonds is 3. The van der Waals surface area contributed by atoms with E-state index in [-0.39, 0.29) is 11.6 Å². The number of benzene rings is 2. The predicted molar refractivity (Wildman–Crippen MR) is 82.8 cm³/mol. The van der Waals surface area contributed by atoms with Gasteiger partial charge in [0.2, 0.25) is 0 Å². The van der Waals surface area contributed by atoms with Crippen molar-refractivity contribution in [2.75, 3.05) is 13.1 Å². The Morgan fingerprint density at radius 1 is 1.09 bits per heavy atom. The molecular formula is C17H16N2O3. The lowest BCUT2D eigenvalue weighted by atomic mass is 9.99. The maximum atomic E-state index is 12.5. The van der Waals surface area contributed by atoms with Gasteiger partial charge in [-0.3, -0.25) is 14.9 Å². The van der Waals surface area contributed by atoms with E-state index < -0.39 is 4.92 Å². The maximum absolute atomic E-state index is 12.5. The first-order valence-corrected chi connectivity index (χ1v) is 7.24. The van der Waals surface area contributed by atoms with E-state index in [1.807, 2.05) is 23.1 Å². The molecule has 0 aliphatic carbocycles. The van der Waals surface area contributed by atoms with Crippen LogP contribution >= 0.6 is 0 Å². The molecule has 1 amide bonds. The summed E-state index contributed by atoms with van der Waals surface area (Å²) in [5, 5.41) is 10.6. The van der Waals surface area contributed by atoms with E-state index in [0.717, 1.165) is 13.0 Å². The quantitative estimate of drug-likeness (QED) is 0.645. The van der Waals surface area contributed by atoms with Gasteiger partial charge in [0.05, 0.1) is 4.92 Å². The molecule has 2 aromatic rings. The summed E-state index contributed by atoms with van der Waals surface area (Å²) in [6.07, 6.45) is 0.947. The second-order valence-electron chi connectivity index (χ2n) is 5.45. The van der Waals surface area contributed by atoms with Crippen LogP contribution < -0.4 is 0 Å². The molecule has 1 saturated heterocycles. The Morgan fingerprint density at radius 3 is 2.41 bits per heavy atom. The molecule has 1 atom stereocenters. The monoisotopic (exact) mass is 296 g/mol. The highest BCUT2D eigenvalue weighted by Gasteiger charge is 2.27. The Balaban J connectivity index is 1.70. The summed E-state index contributed by atoms with van der Waals surface area (Å²) in [6, 6.07) is 16.0. The number of hydrogen-bond donors (Lipinski definition) is 0. The fourth-order valence-electron chi connectivity index (χ4n) is 2.85. The number of nitro benzene ring substituents is 1. The molecule has 5 nitrogen and oxygen atoms in total. The summed E-state index contributed by atoms with van der Waals surface area (Å²) >= 11 is 0. The van der Waals surface area contributed by atoms with E-state index in [9.17, 15) is 14.9 Å². The fraction of sp³-hybridized carbons (Fsp3) is 0.235. The smallest absolute Gasteiger partial charge is 0.269 e. The number of carbonyl (C=O) groups is 1. The van der Waals surface area contributed by atoms with Gasteiger partial charge in [-0.1, -0.05) is 30.3 Å². The van der Waals surface area contributed by atoms with Crippen LogP contribution in [0.3, 0.4) is 0 Å². The zero-order chi connectivity index (χ0) is 15.5. The third kappa shape index (κ3) is 2.83. The van der Waals surface area contributed by atoms with Crippen LogP contribution in [0.4, 0.5) is 5.69 Å². The normalized spacial score (nSPS) is 17.5. The van der Waals surface area contributed by atoms with Gasteiger partial charge < -0.3 is 4.90 Å². The summed E-state index contributed by atoms with van der Waals surface area (Å²) in [7, 11) is 0. The number of likely N-dealkylation sites (tertiary alicyclic amines) is 1. The van der Waals surface area contributed by atoms with Crippen LogP contribution in [0.5, 0.6) is 0 Å². The van der Waals surface area contributed by atoms with Crippen molar-refractivity contribution in [1.29, 1.82) is 0 Å². The van der Waals surface area contributed by atoms with E-state index >= 15 is 0 Å². The Labute approximate surface area is 128 Å². The van der Waals surface area contributed by atoms with Crippen LogP contribution in [0.15, 0.2) is 54.6 Å². The van der Waals surface area contributed by atoms with Crippen LogP contribution in [0, 0.1) is 10.1 Å². The van der Waals surface area contributed by atoms with Crippen molar-refractivity contribution >= 4 is 11.6 Å². The van der Waals surface area contributed by atoms with Gasteiger partial charge in [-0.05, 0) is 24.1 Å². The highest BCUT2D eigenvalue weighted by Crippen LogP contribution is 2.28. The molecule has 112 valence electrons. The molecule has 0 aromatic heterocycles. The Bertz CT molecular complexity index is 683. The second-order valence-corrected chi connectivity index (χ2v) is 5.45. The van der Waals surface area contributed by atoms with Gasteiger partial charge >= 0.3 is 0 Å². The van der Waals surface area contributed by atoms with Gasteiger partial charge in [0.25, 0.3) is 11.6 Å². The molecule has 22 heavy (non-hydrogen) atoms. The SMILES string of the molecule is O=C(c1ccc([N+](=O)[O-])cc1)N1CCC(c2ccccc2)C1. The Morgan fingerprint density at radius 2 is 1.77 bits per heavy atom. The van der Waals surface area contributed by atoms with Crippen molar-refractivity contribution in [3.63, 3.8) is 0 Å². The van der Waals surface area contributed by atoms with Crippen LogP contribution in [-0.2, 0) is 0 Å². The Hall–Kier alpha value is -2.69. The first-order chi connectivity index (χ1) is 10.6. The highest BCUT2D eigenvalue weighted by molar-refractivity contribution is 5.94. The number of non-ortho nitro benzene ring substituents is 1. The summed E-state index contributed by atoms with van der Waals surface area (Å²) in [4.78, 5) is 24.5. The zero-order valence-corrected chi connectivity index (χ0v) is 12.0. The standard InChI is InChI=1S/C17H16N2O3/c20-17(14-6-8-16(9-7-14)19(21)22)18-11-10-15(12-18)13-4-2-1-3-5-13/h1-9,15H,10-12H2. The van der Waals surface area contributed by atoms with E-state index in [0.29, 0.717) is 18.0 Å². The van der Waals surface area contributed by atoms with Crippen molar-refractivity contribution in [1.82, 2.24) is 4.90 Å².